The summed E-state index contributed by atoms with van der Waals surface area (Å²) in [5, 5.41) is 6.31. The number of aliphatic imine (C=N–C) groups is 1. The van der Waals surface area contributed by atoms with Gasteiger partial charge < -0.3 is 5.32 Å². The summed E-state index contributed by atoms with van der Waals surface area (Å²) >= 11 is 0. The monoisotopic (exact) mass is 263 g/mol. The Morgan fingerprint density at radius 2 is 1.68 bits per heavy atom. The number of carbonyl (C=O) groups is 1. The lowest BCUT2D eigenvalue weighted by Crippen LogP contribution is -2.51. The van der Waals surface area contributed by atoms with E-state index in [0.29, 0.717) is 11.4 Å². The smallest absolute Gasteiger partial charge is 0.252 e. The summed E-state index contributed by atoms with van der Waals surface area (Å²) in [6, 6.07) is 0.211. The number of hydrogen-bond acceptors (Lipinski definition) is 2. The second-order valence-corrected chi connectivity index (χ2v) is 6.94. The van der Waals surface area contributed by atoms with E-state index in [4.69, 9.17) is 0 Å². The quantitative estimate of drug-likeness (QED) is 0.763. The first-order valence-electron chi connectivity index (χ1n) is 7.71. The van der Waals surface area contributed by atoms with E-state index < -0.39 is 0 Å². The molecule has 2 aliphatic carbocycles. The minimum absolute atomic E-state index is 0.139. The molecule has 1 amide bonds. The third-order valence-electron chi connectivity index (χ3n) is 5.24. The Bertz CT molecular complexity index is 398. The van der Waals surface area contributed by atoms with Crippen molar-refractivity contribution in [3.63, 3.8) is 0 Å². The Morgan fingerprint density at radius 1 is 1.05 bits per heavy atom. The van der Waals surface area contributed by atoms with Crippen LogP contribution in [0.4, 0.5) is 0 Å². The average Bonchev–Trinajstić information content (AvgIpc) is 2.90. The van der Waals surface area contributed by atoms with Crippen molar-refractivity contribution >= 4 is 11.9 Å². The number of rotatable bonds is 1. The molecule has 3 fully saturated rings. The van der Waals surface area contributed by atoms with Crippen molar-refractivity contribution in [1.82, 2.24) is 10.6 Å². The fourth-order valence-electron chi connectivity index (χ4n) is 4.05. The Morgan fingerprint density at radius 3 is 2.26 bits per heavy atom. The van der Waals surface area contributed by atoms with E-state index in [9.17, 15) is 4.79 Å². The van der Waals surface area contributed by atoms with Crippen molar-refractivity contribution in [3.8, 4) is 0 Å². The summed E-state index contributed by atoms with van der Waals surface area (Å²) < 4.78 is 0. The number of nitrogens with zero attached hydrogens (tertiary/aromatic N) is 1. The molecule has 3 rings (SSSR count). The third-order valence-corrected chi connectivity index (χ3v) is 5.24. The number of amides is 1. The zero-order valence-corrected chi connectivity index (χ0v) is 12.1. The molecule has 0 bridgehead atoms. The highest BCUT2D eigenvalue weighted by Gasteiger charge is 2.51. The standard InChI is InChI=1S/C15H25N3O/c1-11(2)16-13-17-12(19)15(18-13)9-7-14(8-10-15)5-3-4-6-14/h11H,3-10H2,1-2H3,(H2,16,17,18,19). The predicted octanol–water partition coefficient (Wildman–Crippen LogP) is 2.34. The van der Waals surface area contributed by atoms with Crippen LogP contribution in [0.15, 0.2) is 4.99 Å². The summed E-state index contributed by atoms with van der Waals surface area (Å²) in [6.45, 7) is 4.06. The molecule has 4 nitrogen and oxygen atoms in total. The van der Waals surface area contributed by atoms with Crippen LogP contribution in [0.3, 0.4) is 0 Å². The van der Waals surface area contributed by atoms with E-state index in [2.05, 4.69) is 15.6 Å². The molecule has 0 atom stereocenters. The first-order valence-corrected chi connectivity index (χ1v) is 7.71. The van der Waals surface area contributed by atoms with Crippen molar-refractivity contribution in [3.05, 3.63) is 0 Å². The minimum atomic E-state index is -0.360. The Labute approximate surface area is 115 Å². The van der Waals surface area contributed by atoms with Crippen LogP contribution in [0.2, 0.25) is 0 Å². The zero-order chi connectivity index (χ0) is 13.5. The van der Waals surface area contributed by atoms with E-state index >= 15 is 0 Å². The molecule has 1 aliphatic heterocycles. The van der Waals surface area contributed by atoms with Crippen molar-refractivity contribution < 1.29 is 4.79 Å². The van der Waals surface area contributed by atoms with Crippen LogP contribution in [0.25, 0.3) is 0 Å². The molecule has 0 unspecified atom stereocenters. The Balaban J connectivity index is 1.71. The van der Waals surface area contributed by atoms with E-state index in [-0.39, 0.29) is 17.5 Å². The van der Waals surface area contributed by atoms with Crippen LogP contribution in [0.1, 0.15) is 65.2 Å². The van der Waals surface area contributed by atoms with Gasteiger partial charge >= 0.3 is 0 Å². The van der Waals surface area contributed by atoms with Gasteiger partial charge in [-0.3, -0.25) is 15.1 Å². The fraction of sp³-hybridized carbons (Fsp3) is 0.867. The van der Waals surface area contributed by atoms with Gasteiger partial charge in [0.1, 0.15) is 5.54 Å². The molecule has 2 spiro atoms. The van der Waals surface area contributed by atoms with Gasteiger partial charge in [0.2, 0.25) is 0 Å². The molecule has 2 saturated carbocycles. The lowest BCUT2D eigenvalue weighted by Gasteiger charge is -2.41. The van der Waals surface area contributed by atoms with Crippen LogP contribution in [0, 0.1) is 5.41 Å². The second-order valence-electron chi connectivity index (χ2n) is 6.94. The molecule has 106 valence electrons. The molecule has 0 aromatic heterocycles. The van der Waals surface area contributed by atoms with Crippen molar-refractivity contribution in [2.45, 2.75) is 76.8 Å². The highest BCUT2D eigenvalue weighted by Crippen LogP contribution is 2.51. The van der Waals surface area contributed by atoms with Crippen molar-refractivity contribution in [1.29, 1.82) is 0 Å². The van der Waals surface area contributed by atoms with E-state index in [1.54, 1.807) is 0 Å². The molecule has 4 heteroatoms. The van der Waals surface area contributed by atoms with Crippen LogP contribution >= 0.6 is 0 Å². The highest BCUT2D eigenvalue weighted by molar-refractivity contribution is 6.09. The normalized spacial score (nSPS) is 30.3. The number of guanidine groups is 1. The van der Waals surface area contributed by atoms with Crippen LogP contribution < -0.4 is 10.6 Å². The highest BCUT2D eigenvalue weighted by atomic mass is 16.2. The number of carbonyl (C=O) groups excluding carboxylic acids is 1. The van der Waals surface area contributed by atoms with Crippen LogP contribution in [-0.4, -0.2) is 23.4 Å². The van der Waals surface area contributed by atoms with Gasteiger partial charge in [-0.1, -0.05) is 12.8 Å². The SMILES string of the molecule is CC(C)N=C1NC(=O)C2(CCC3(CCCC3)CC2)N1. The molecule has 0 radical (unpaired) electrons. The molecule has 19 heavy (non-hydrogen) atoms. The topological polar surface area (TPSA) is 53.5 Å². The molecule has 1 heterocycles. The maximum absolute atomic E-state index is 12.3. The van der Waals surface area contributed by atoms with Crippen LogP contribution in [0.5, 0.6) is 0 Å². The lowest BCUT2D eigenvalue weighted by atomic mass is 9.66. The Hall–Kier alpha value is -1.06. The van der Waals surface area contributed by atoms with E-state index in [1.807, 2.05) is 13.8 Å². The molecule has 0 aromatic rings. The maximum Gasteiger partial charge on any atom is 0.252 e. The number of hydrogen-bond donors (Lipinski definition) is 2. The average molecular weight is 263 g/mol. The molecule has 0 aromatic carbocycles. The first kappa shape index (κ1) is 12.9. The van der Waals surface area contributed by atoms with E-state index in [1.165, 1.54) is 38.5 Å². The second kappa shape index (κ2) is 4.50. The van der Waals surface area contributed by atoms with Gasteiger partial charge in [0.25, 0.3) is 5.91 Å². The molecular formula is C15H25N3O. The lowest BCUT2D eigenvalue weighted by molar-refractivity contribution is -0.126. The van der Waals surface area contributed by atoms with Gasteiger partial charge in [-0.15, -0.1) is 0 Å². The van der Waals surface area contributed by atoms with Crippen molar-refractivity contribution in [2.75, 3.05) is 0 Å². The minimum Gasteiger partial charge on any atom is -0.342 e. The van der Waals surface area contributed by atoms with Crippen molar-refractivity contribution in [2.24, 2.45) is 10.4 Å². The molecule has 2 N–H and O–H groups in total. The Kier molecular flexibility index (Phi) is 3.06. The summed E-state index contributed by atoms with van der Waals surface area (Å²) in [7, 11) is 0. The summed E-state index contributed by atoms with van der Waals surface area (Å²) in [5.41, 5.74) is 0.201. The van der Waals surface area contributed by atoms with Gasteiger partial charge in [0.05, 0.1) is 0 Å². The van der Waals surface area contributed by atoms with Gasteiger partial charge in [0, 0.05) is 6.04 Å². The number of nitrogens with one attached hydrogen (secondary N) is 2. The summed E-state index contributed by atoms with van der Waals surface area (Å²) in [6.07, 6.45) is 9.84. The van der Waals surface area contributed by atoms with Gasteiger partial charge in [-0.2, -0.15) is 0 Å². The third kappa shape index (κ3) is 2.26. The van der Waals surface area contributed by atoms with Gasteiger partial charge in [0.15, 0.2) is 5.96 Å². The molecule has 3 aliphatic rings. The predicted molar refractivity (Wildman–Crippen MR) is 75.9 cm³/mol. The summed E-state index contributed by atoms with van der Waals surface area (Å²) in [4.78, 5) is 16.7. The zero-order valence-electron chi connectivity index (χ0n) is 12.1. The summed E-state index contributed by atoms with van der Waals surface area (Å²) in [5.74, 6) is 0.821. The molecule has 1 saturated heterocycles. The van der Waals surface area contributed by atoms with Crippen LogP contribution in [-0.2, 0) is 4.79 Å². The maximum atomic E-state index is 12.3. The first-order chi connectivity index (χ1) is 9.04. The largest absolute Gasteiger partial charge is 0.342 e. The van der Waals surface area contributed by atoms with Gasteiger partial charge in [-0.05, 0) is 57.8 Å². The molecular weight excluding hydrogens is 238 g/mol. The fourth-order valence-corrected chi connectivity index (χ4v) is 4.05. The van der Waals surface area contributed by atoms with E-state index in [0.717, 1.165) is 12.8 Å². The van der Waals surface area contributed by atoms with Gasteiger partial charge in [-0.25, -0.2) is 0 Å².